The van der Waals surface area contributed by atoms with Crippen LogP contribution in [0, 0.1) is 12.3 Å². The van der Waals surface area contributed by atoms with Crippen molar-refractivity contribution in [2.75, 3.05) is 26.2 Å². The highest BCUT2D eigenvalue weighted by Crippen LogP contribution is 2.50. The first-order chi connectivity index (χ1) is 12.0. The number of rotatable bonds is 4. The Balaban J connectivity index is 0.00000182. The molecule has 1 spiro atoms. The second-order valence-electron chi connectivity index (χ2n) is 7.08. The van der Waals surface area contributed by atoms with Gasteiger partial charge in [-0.05, 0) is 43.5 Å². The lowest BCUT2D eigenvalue weighted by molar-refractivity contribution is -0.122. The van der Waals surface area contributed by atoms with E-state index in [0.29, 0.717) is 6.54 Å². The van der Waals surface area contributed by atoms with E-state index in [0.717, 1.165) is 32.4 Å². The van der Waals surface area contributed by atoms with Crippen LogP contribution < -0.4 is 10.6 Å². The molecule has 1 aliphatic heterocycles. The second kappa shape index (κ2) is 7.28. The largest absolute Gasteiger partial charge is 0.349 e. The topological polar surface area (TPSA) is 61.4 Å². The van der Waals surface area contributed by atoms with Crippen molar-refractivity contribution in [3.05, 3.63) is 35.4 Å². The highest BCUT2D eigenvalue weighted by atomic mass is 16.2. The molecule has 2 N–H and O–H groups in total. The number of hydrogen-bond acceptors (Lipinski definition) is 3. The third-order valence-electron chi connectivity index (χ3n) is 5.45. The average molecular weight is 343 g/mol. The second-order valence-corrected chi connectivity index (χ2v) is 7.08. The maximum Gasteiger partial charge on any atom is 0.234 e. The maximum absolute atomic E-state index is 11.9. The summed E-state index contributed by atoms with van der Waals surface area (Å²) in [5, 5.41) is 5.82. The van der Waals surface area contributed by atoms with Crippen molar-refractivity contribution in [1.29, 1.82) is 0 Å². The molecule has 5 heteroatoms. The van der Waals surface area contributed by atoms with E-state index >= 15 is 0 Å². The molecule has 3 rings (SSSR count). The Labute approximate surface area is 152 Å². The summed E-state index contributed by atoms with van der Waals surface area (Å²) >= 11 is 0. The van der Waals surface area contributed by atoms with Crippen LogP contribution in [0.1, 0.15) is 46.2 Å². The maximum atomic E-state index is 11.9. The van der Waals surface area contributed by atoms with Crippen molar-refractivity contribution < 1.29 is 12.4 Å². The molecule has 0 unspecified atom stereocenters. The third-order valence-corrected chi connectivity index (χ3v) is 5.45. The molecule has 5 nitrogen and oxygen atoms in total. The Morgan fingerprint density at radius 3 is 2.76 bits per heavy atom. The number of amides is 2. The van der Waals surface area contributed by atoms with Gasteiger partial charge in [-0.1, -0.05) is 30.2 Å². The molecule has 0 radical (unpaired) electrons. The number of terminal acetylenes is 1. The zero-order chi connectivity index (χ0) is 17.9. The standard InChI is InChI=1S/C20H25N3O2.2H2/c1-3-10-21-19(25)14-23-11-8-20(9-12-23)13-18(22-15(2)24)16-6-4-5-7-17(16)20;;/h1,4-7,18H,8-14H2,2H3,(H,21,25)(H,22,24);2*1H/t18-;;/m0../s1. The first-order valence-electron chi connectivity index (χ1n) is 8.83. The fourth-order valence-corrected chi connectivity index (χ4v) is 4.29. The summed E-state index contributed by atoms with van der Waals surface area (Å²) in [7, 11) is 0. The van der Waals surface area contributed by atoms with Gasteiger partial charge in [-0.3, -0.25) is 14.5 Å². The number of fused-ring (bicyclic) bond motifs is 2. The molecule has 2 aliphatic rings. The molecule has 1 fully saturated rings. The summed E-state index contributed by atoms with van der Waals surface area (Å²) in [6.07, 6.45) is 8.13. The van der Waals surface area contributed by atoms with E-state index in [1.165, 1.54) is 11.1 Å². The number of carbonyl (C=O) groups excluding carboxylic acids is 2. The van der Waals surface area contributed by atoms with Crippen LogP contribution in [-0.2, 0) is 15.0 Å². The van der Waals surface area contributed by atoms with Gasteiger partial charge >= 0.3 is 0 Å². The predicted octanol–water partition coefficient (Wildman–Crippen LogP) is 1.84. The van der Waals surface area contributed by atoms with Crippen LogP contribution >= 0.6 is 0 Å². The van der Waals surface area contributed by atoms with Crippen LogP contribution in [-0.4, -0.2) is 42.9 Å². The Morgan fingerprint density at radius 1 is 1.36 bits per heavy atom. The lowest BCUT2D eigenvalue weighted by Crippen LogP contribution is -2.46. The molecule has 1 heterocycles. The molecule has 2 amide bonds. The van der Waals surface area contributed by atoms with Gasteiger partial charge < -0.3 is 10.6 Å². The van der Waals surface area contributed by atoms with Crippen molar-refractivity contribution in [3.63, 3.8) is 0 Å². The number of carbonyl (C=O) groups is 2. The summed E-state index contributed by atoms with van der Waals surface area (Å²) < 4.78 is 0. The van der Waals surface area contributed by atoms with E-state index < -0.39 is 0 Å². The number of piperidine rings is 1. The van der Waals surface area contributed by atoms with E-state index in [2.05, 4.69) is 39.7 Å². The lowest BCUT2D eigenvalue weighted by atomic mass is 9.73. The Bertz CT molecular complexity index is 709. The number of benzene rings is 1. The van der Waals surface area contributed by atoms with E-state index in [9.17, 15) is 9.59 Å². The van der Waals surface area contributed by atoms with Crippen LogP contribution in [0.3, 0.4) is 0 Å². The fourth-order valence-electron chi connectivity index (χ4n) is 4.29. The van der Waals surface area contributed by atoms with Gasteiger partial charge in [0.25, 0.3) is 0 Å². The minimum Gasteiger partial charge on any atom is -0.349 e. The Kier molecular flexibility index (Phi) is 5.10. The van der Waals surface area contributed by atoms with Crippen molar-refractivity contribution in [3.8, 4) is 12.3 Å². The normalized spacial score (nSPS) is 21.4. The molecular formula is C20H29N3O2. The van der Waals surface area contributed by atoms with Crippen LogP contribution in [0.4, 0.5) is 0 Å². The third kappa shape index (κ3) is 3.69. The SMILES string of the molecule is C#CCNC(=O)CN1CCC2(CC1)C[C@H](NC(C)=O)c1ccccc12.[HH].[HH]. The summed E-state index contributed by atoms with van der Waals surface area (Å²) in [5.74, 6) is 2.42. The van der Waals surface area contributed by atoms with Crippen molar-refractivity contribution in [2.45, 2.75) is 37.6 Å². The minimum absolute atomic E-state index is 0. The van der Waals surface area contributed by atoms with Gasteiger partial charge in [0.05, 0.1) is 19.1 Å². The van der Waals surface area contributed by atoms with E-state index in [1.54, 1.807) is 6.92 Å². The van der Waals surface area contributed by atoms with Crippen LogP contribution in [0.2, 0.25) is 0 Å². The number of hydrogen-bond donors (Lipinski definition) is 2. The number of nitrogens with zero attached hydrogens (tertiary/aromatic N) is 1. The van der Waals surface area contributed by atoms with Gasteiger partial charge in [-0.15, -0.1) is 6.42 Å². The van der Waals surface area contributed by atoms with Gasteiger partial charge in [0, 0.05) is 15.2 Å². The smallest absolute Gasteiger partial charge is 0.234 e. The molecular weight excluding hydrogens is 314 g/mol. The van der Waals surface area contributed by atoms with Gasteiger partial charge in [0.15, 0.2) is 0 Å². The number of likely N-dealkylation sites (tertiary alicyclic amines) is 1. The van der Waals surface area contributed by atoms with E-state index in [-0.39, 0.29) is 32.7 Å². The zero-order valence-electron chi connectivity index (χ0n) is 14.7. The minimum atomic E-state index is -0.0168. The summed E-state index contributed by atoms with van der Waals surface area (Å²) in [4.78, 5) is 25.6. The first kappa shape index (κ1) is 17.5. The van der Waals surface area contributed by atoms with Gasteiger partial charge in [0.1, 0.15) is 0 Å². The Hall–Kier alpha value is -2.32. The molecule has 1 atom stereocenters. The summed E-state index contributed by atoms with van der Waals surface area (Å²) in [5.41, 5.74) is 2.72. The van der Waals surface area contributed by atoms with E-state index in [4.69, 9.17) is 6.42 Å². The summed E-state index contributed by atoms with van der Waals surface area (Å²) in [6, 6.07) is 8.55. The molecule has 136 valence electrons. The molecule has 1 saturated heterocycles. The average Bonchev–Trinajstić information content (AvgIpc) is 2.89. The highest BCUT2D eigenvalue weighted by Gasteiger charge is 2.45. The molecule has 1 aromatic rings. The zero-order valence-corrected chi connectivity index (χ0v) is 14.7. The molecule has 0 aromatic heterocycles. The first-order valence-corrected chi connectivity index (χ1v) is 8.83. The van der Waals surface area contributed by atoms with Crippen LogP contribution in [0.15, 0.2) is 24.3 Å². The van der Waals surface area contributed by atoms with Crippen LogP contribution in [0.25, 0.3) is 0 Å². The molecule has 1 aromatic carbocycles. The highest BCUT2D eigenvalue weighted by molar-refractivity contribution is 5.78. The van der Waals surface area contributed by atoms with Crippen LogP contribution in [0.5, 0.6) is 0 Å². The molecule has 0 bridgehead atoms. The summed E-state index contributed by atoms with van der Waals surface area (Å²) in [6.45, 7) is 4.01. The molecule has 0 saturated carbocycles. The number of nitrogens with one attached hydrogen (secondary N) is 2. The lowest BCUT2D eigenvalue weighted by Gasteiger charge is -2.40. The van der Waals surface area contributed by atoms with Crippen molar-refractivity contribution in [2.24, 2.45) is 0 Å². The monoisotopic (exact) mass is 343 g/mol. The van der Waals surface area contributed by atoms with Gasteiger partial charge in [-0.25, -0.2) is 0 Å². The Morgan fingerprint density at radius 2 is 2.08 bits per heavy atom. The predicted molar refractivity (Wildman–Crippen MR) is 101 cm³/mol. The molecule has 1 aliphatic carbocycles. The van der Waals surface area contributed by atoms with E-state index in [1.807, 2.05) is 6.07 Å². The van der Waals surface area contributed by atoms with Gasteiger partial charge in [-0.2, -0.15) is 0 Å². The van der Waals surface area contributed by atoms with Crippen molar-refractivity contribution >= 4 is 11.8 Å². The fraction of sp³-hybridized carbons (Fsp3) is 0.500. The van der Waals surface area contributed by atoms with Crippen molar-refractivity contribution in [1.82, 2.24) is 15.5 Å². The van der Waals surface area contributed by atoms with Gasteiger partial charge in [0.2, 0.25) is 11.8 Å². The molecule has 25 heavy (non-hydrogen) atoms. The quantitative estimate of drug-likeness (QED) is 0.820.